The van der Waals surface area contributed by atoms with Crippen LogP contribution >= 0.6 is 0 Å². The van der Waals surface area contributed by atoms with Crippen molar-refractivity contribution in [2.24, 2.45) is 0 Å². The summed E-state index contributed by atoms with van der Waals surface area (Å²) in [4.78, 5) is 11.6. The van der Waals surface area contributed by atoms with Crippen molar-refractivity contribution in [2.75, 3.05) is 0 Å². The molecule has 0 saturated heterocycles. The molecule has 0 atom stereocenters. The predicted molar refractivity (Wildman–Crippen MR) is 63.2 cm³/mol. The van der Waals surface area contributed by atoms with Gasteiger partial charge in [0.15, 0.2) is 0 Å². The zero-order valence-corrected chi connectivity index (χ0v) is 8.97. The van der Waals surface area contributed by atoms with E-state index in [1.54, 1.807) is 22.0 Å². The van der Waals surface area contributed by atoms with Gasteiger partial charge in [-0.25, -0.2) is 0 Å². The van der Waals surface area contributed by atoms with Crippen molar-refractivity contribution < 1.29 is 5.32 Å². The Labute approximate surface area is 94.4 Å². The predicted octanol–water partition coefficient (Wildman–Crippen LogP) is 0.883. The number of benzene rings is 1. The van der Waals surface area contributed by atoms with Crippen LogP contribution in [0.3, 0.4) is 0 Å². The highest BCUT2D eigenvalue weighted by atomic mass is 16.1. The molecule has 3 heteroatoms. The van der Waals surface area contributed by atoms with Crippen LogP contribution in [0.4, 0.5) is 5.69 Å². The minimum absolute atomic E-state index is 0.00875. The maximum Gasteiger partial charge on any atom is 0.251 e. The molecule has 0 unspecified atom stereocenters. The molecule has 0 aliphatic carbocycles. The zero-order chi connectivity index (χ0) is 11.4. The second-order valence-corrected chi connectivity index (χ2v) is 3.62. The maximum absolute atomic E-state index is 11.6. The Balaban J connectivity index is 2.31. The Kier molecular flexibility index (Phi) is 3.17. The Morgan fingerprint density at radius 3 is 2.56 bits per heavy atom. The number of quaternary nitrogens is 1. The molecule has 0 aliphatic rings. The van der Waals surface area contributed by atoms with Crippen LogP contribution in [0.1, 0.15) is 5.56 Å². The SMILES string of the molecule is [CH2-][NH2+]c1ccc(=O)n(Cc2ccccc2)c1. The standard InChI is InChI=1S/C13H14N2O/c1-14-12-7-8-13(16)15(10-12)9-11-5-3-2-4-6-11/h2-8,10H,1,9,14H2. The monoisotopic (exact) mass is 214 g/mol. The van der Waals surface area contributed by atoms with Crippen LogP contribution in [0.15, 0.2) is 53.5 Å². The smallest absolute Gasteiger partial charge is 0.251 e. The van der Waals surface area contributed by atoms with Crippen molar-refractivity contribution in [1.82, 2.24) is 4.57 Å². The van der Waals surface area contributed by atoms with Gasteiger partial charge in [-0.1, -0.05) is 30.3 Å². The first-order chi connectivity index (χ1) is 7.79. The lowest BCUT2D eigenvalue weighted by Crippen LogP contribution is -2.69. The number of nitrogens with two attached hydrogens (primary N) is 1. The van der Waals surface area contributed by atoms with Crippen LogP contribution in [0.2, 0.25) is 0 Å². The van der Waals surface area contributed by atoms with Gasteiger partial charge in [-0.2, -0.15) is 0 Å². The van der Waals surface area contributed by atoms with Gasteiger partial charge in [0, 0.05) is 12.1 Å². The number of pyridine rings is 1. The summed E-state index contributed by atoms with van der Waals surface area (Å²) in [6.45, 7) is 0.599. The van der Waals surface area contributed by atoms with Gasteiger partial charge < -0.3 is 9.88 Å². The van der Waals surface area contributed by atoms with E-state index >= 15 is 0 Å². The van der Waals surface area contributed by atoms with Crippen LogP contribution < -0.4 is 10.9 Å². The molecule has 0 amide bonds. The lowest BCUT2D eigenvalue weighted by Gasteiger charge is -2.07. The van der Waals surface area contributed by atoms with Crippen LogP contribution in [0.5, 0.6) is 0 Å². The molecule has 0 spiro atoms. The molecule has 3 nitrogen and oxygen atoms in total. The summed E-state index contributed by atoms with van der Waals surface area (Å²) in [7, 11) is 3.69. The molecule has 0 saturated carbocycles. The van der Waals surface area contributed by atoms with E-state index < -0.39 is 0 Å². The molecular formula is C13H14N2O. The minimum Gasteiger partial charge on any atom is -0.445 e. The average molecular weight is 214 g/mol. The molecule has 1 aromatic carbocycles. The highest BCUT2D eigenvalue weighted by Gasteiger charge is 1.99. The lowest BCUT2D eigenvalue weighted by molar-refractivity contribution is -0.505. The van der Waals surface area contributed by atoms with E-state index in [0.29, 0.717) is 6.54 Å². The van der Waals surface area contributed by atoms with Crippen LogP contribution in [-0.2, 0) is 6.54 Å². The van der Waals surface area contributed by atoms with E-state index in [9.17, 15) is 4.79 Å². The number of hydrogen-bond acceptors (Lipinski definition) is 1. The summed E-state index contributed by atoms with van der Waals surface area (Å²) in [5.41, 5.74) is 2.08. The fourth-order valence-corrected chi connectivity index (χ4v) is 1.57. The van der Waals surface area contributed by atoms with Gasteiger partial charge in [-0.15, -0.1) is 7.05 Å². The van der Waals surface area contributed by atoms with E-state index in [4.69, 9.17) is 0 Å². The Bertz CT molecular complexity index is 517. The van der Waals surface area contributed by atoms with Gasteiger partial charge in [0.1, 0.15) is 5.69 Å². The molecule has 1 heterocycles. The van der Waals surface area contributed by atoms with E-state index in [0.717, 1.165) is 11.3 Å². The largest absolute Gasteiger partial charge is 0.445 e. The van der Waals surface area contributed by atoms with E-state index in [1.807, 2.05) is 36.5 Å². The third-order valence-electron chi connectivity index (χ3n) is 2.44. The second-order valence-electron chi connectivity index (χ2n) is 3.62. The summed E-state index contributed by atoms with van der Waals surface area (Å²) < 4.78 is 1.69. The first-order valence-electron chi connectivity index (χ1n) is 5.16. The molecule has 82 valence electrons. The zero-order valence-electron chi connectivity index (χ0n) is 8.97. The molecule has 2 rings (SSSR count). The fraction of sp³-hybridized carbons (Fsp3) is 0.0769. The van der Waals surface area contributed by atoms with Gasteiger partial charge in [-0.05, 0) is 5.56 Å². The first kappa shape index (κ1) is 10.6. The molecule has 0 fully saturated rings. The maximum atomic E-state index is 11.6. The minimum atomic E-state index is 0.00875. The van der Waals surface area contributed by atoms with Gasteiger partial charge in [0.25, 0.3) is 5.56 Å². The van der Waals surface area contributed by atoms with Crippen LogP contribution in [0.25, 0.3) is 0 Å². The van der Waals surface area contributed by atoms with E-state index in [2.05, 4.69) is 7.05 Å². The molecule has 2 aromatic rings. The summed E-state index contributed by atoms with van der Waals surface area (Å²) in [6.07, 6.45) is 1.82. The Morgan fingerprint density at radius 2 is 1.88 bits per heavy atom. The Morgan fingerprint density at radius 1 is 1.12 bits per heavy atom. The van der Waals surface area contributed by atoms with Crippen molar-refractivity contribution in [3.05, 3.63) is 71.6 Å². The summed E-state index contributed by atoms with van der Waals surface area (Å²) in [5.74, 6) is 0. The average Bonchev–Trinajstić information content (AvgIpc) is 2.33. The summed E-state index contributed by atoms with van der Waals surface area (Å²) in [6, 6.07) is 13.3. The molecule has 2 N–H and O–H groups in total. The summed E-state index contributed by atoms with van der Waals surface area (Å²) in [5, 5.41) is 1.74. The normalized spacial score (nSPS) is 10.3. The van der Waals surface area contributed by atoms with Gasteiger partial charge in [-0.3, -0.25) is 4.79 Å². The molecule has 0 radical (unpaired) electrons. The number of nitrogens with zero attached hydrogens (tertiary/aromatic N) is 1. The Hall–Kier alpha value is -1.87. The lowest BCUT2D eigenvalue weighted by atomic mass is 10.2. The van der Waals surface area contributed by atoms with Crippen molar-refractivity contribution >= 4 is 5.69 Å². The molecule has 1 aromatic heterocycles. The number of aromatic nitrogens is 1. The number of rotatable bonds is 3. The molecular weight excluding hydrogens is 200 g/mol. The second kappa shape index (κ2) is 4.77. The third kappa shape index (κ3) is 2.38. The van der Waals surface area contributed by atoms with Gasteiger partial charge in [0.05, 0.1) is 12.7 Å². The first-order valence-corrected chi connectivity index (χ1v) is 5.16. The highest BCUT2D eigenvalue weighted by molar-refractivity contribution is 5.24. The van der Waals surface area contributed by atoms with Crippen molar-refractivity contribution in [3.8, 4) is 0 Å². The number of hydrogen-bond donors (Lipinski definition) is 1. The van der Waals surface area contributed by atoms with Gasteiger partial charge in [0.2, 0.25) is 0 Å². The van der Waals surface area contributed by atoms with Crippen LogP contribution in [0, 0.1) is 7.05 Å². The van der Waals surface area contributed by atoms with Crippen molar-refractivity contribution in [1.29, 1.82) is 0 Å². The quantitative estimate of drug-likeness (QED) is 0.757. The fourth-order valence-electron chi connectivity index (χ4n) is 1.57. The highest BCUT2D eigenvalue weighted by Crippen LogP contribution is 2.02. The topological polar surface area (TPSA) is 38.6 Å². The van der Waals surface area contributed by atoms with Crippen LogP contribution in [-0.4, -0.2) is 4.57 Å². The van der Waals surface area contributed by atoms with Crippen molar-refractivity contribution in [2.45, 2.75) is 6.54 Å². The molecule has 0 bridgehead atoms. The van der Waals surface area contributed by atoms with E-state index in [1.165, 1.54) is 0 Å². The third-order valence-corrected chi connectivity index (χ3v) is 2.44. The summed E-state index contributed by atoms with van der Waals surface area (Å²) >= 11 is 0. The van der Waals surface area contributed by atoms with Gasteiger partial charge >= 0.3 is 0 Å². The molecule has 16 heavy (non-hydrogen) atoms. The molecule has 0 aliphatic heterocycles. The van der Waals surface area contributed by atoms with E-state index in [-0.39, 0.29) is 5.56 Å². The van der Waals surface area contributed by atoms with Crippen molar-refractivity contribution in [3.63, 3.8) is 0 Å².